The minimum Gasteiger partial charge on any atom is -0.398 e. The molecule has 0 spiro atoms. The van der Waals surface area contributed by atoms with Gasteiger partial charge in [0.1, 0.15) is 5.82 Å². The lowest BCUT2D eigenvalue weighted by atomic mass is 10.0. The second-order valence-corrected chi connectivity index (χ2v) is 5.23. The van der Waals surface area contributed by atoms with Crippen LogP contribution in [0.4, 0.5) is 10.1 Å². The van der Waals surface area contributed by atoms with Crippen LogP contribution in [0.25, 0.3) is 10.9 Å². The molecule has 4 heteroatoms. The van der Waals surface area contributed by atoms with Crippen molar-refractivity contribution in [1.82, 2.24) is 4.57 Å². The molecule has 2 aromatic carbocycles. The second kappa shape index (κ2) is 4.74. The zero-order valence-corrected chi connectivity index (χ0v) is 11.9. The van der Waals surface area contributed by atoms with Crippen molar-refractivity contribution in [2.75, 3.05) is 5.73 Å². The fraction of sp³-hybridized carbons (Fsp3) is 0.118. The molecule has 3 nitrogen and oxygen atoms in total. The molecule has 2 N–H and O–H groups in total. The van der Waals surface area contributed by atoms with E-state index in [0.29, 0.717) is 5.56 Å². The number of halogens is 1. The maximum atomic E-state index is 13.4. The van der Waals surface area contributed by atoms with Gasteiger partial charge in [0.2, 0.25) is 0 Å². The SMILES string of the molecule is Cc1ccc2c(C(=O)c3cc(F)ccc3N)cn(C)c2c1. The van der Waals surface area contributed by atoms with Gasteiger partial charge in [0, 0.05) is 41.0 Å². The van der Waals surface area contributed by atoms with Crippen molar-refractivity contribution in [2.24, 2.45) is 7.05 Å². The van der Waals surface area contributed by atoms with E-state index in [1.54, 1.807) is 6.20 Å². The van der Waals surface area contributed by atoms with Crippen LogP contribution >= 0.6 is 0 Å². The molecule has 3 aromatic rings. The predicted molar refractivity (Wildman–Crippen MR) is 81.9 cm³/mol. The highest BCUT2D eigenvalue weighted by Gasteiger charge is 2.18. The number of nitrogens with zero attached hydrogens (tertiary/aromatic N) is 1. The van der Waals surface area contributed by atoms with Gasteiger partial charge in [-0.25, -0.2) is 4.39 Å². The third-order valence-corrected chi connectivity index (χ3v) is 3.65. The molecule has 21 heavy (non-hydrogen) atoms. The van der Waals surface area contributed by atoms with Gasteiger partial charge in [-0.15, -0.1) is 0 Å². The van der Waals surface area contributed by atoms with Crippen LogP contribution in [0.15, 0.2) is 42.6 Å². The van der Waals surface area contributed by atoms with Gasteiger partial charge in [0.25, 0.3) is 0 Å². The first-order valence-corrected chi connectivity index (χ1v) is 6.63. The average Bonchev–Trinajstić information content (AvgIpc) is 2.78. The predicted octanol–water partition coefficient (Wildman–Crippen LogP) is 3.44. The van der Waals surface area contributed by atoms with Crippen molar-refractivity contribution in [3.8, 4) is 0 Å². The van der Waals surface area contributed by atoms with E-state index in [9.17, 15) is 9.18 Å². The molecular formula is C17H15FN2O. The first-order valence-electron chi connectivity index (χ1n) is 6.63. The largest absolute Gasteiger partial charge is 0.398 e. The zero-order chi connectivity index (χ0) is 15.1. The monoisotopic (exact) mass is 282 g/mol. The van der Waals surface area contributed by atoms with Crippen molar-refractivity contribution >= 4 is 22.4 Å². The quantitative estimate of drug-likeness (QED) is 0.578. The molecule has 1 aromatic heterocycles. The van der Waals surface area contributed by atoms with Crippen LogP contribution < -0.4 is 5.73 Å². The molecule has 0 saturated carbocycles. The molecule has 0 bridgehead atoms. The Morgan fingerprint density at radius 1 is 1.14 bits per heavy atom. The van der Waals surface area contributed by atoms with Gasteiger partial charge in [-0.3, -0.25) is 4.79 Å². The number of nitrogens with two attached hydrogens (primary N) is 1. The van der Waals surface area contributed by atoms with Gasteiger partial charge in [-0.2, -0.15) is 0 Å². The zero-order valence-electron chi connectivity index (χ0n) is 11.9. The number of ketones is 1. The third-order valence-electron chi connectivity index (χ3n) is 3.65. The number of benzene rings is 2. The number of fused-ring (bicyclic) bond motifs is 1. The van der Waals surface area contributed by atoms with Crippen LogP contribution in [0.1, 0.15) is 21.5 Å². The van der Waals surface area contributed by atoms with Crippen molar-refractivity contribution in [3.63, 3.8) is 0 Å². The summed E-state index contributed by atoms with van der Waals surface area (Å²) in [6.45, 7) is 2.00. The number of nitrogen functional groups attached to an aromatic ring is 1. The smallest absolute Gasteiger partial charge is 0.197 e. The Bertz CT molecular complexity index is 865. The third kappa shape index (κ3) is 2.18. The van der Waals surface area contributed by atoms with Crippen LogP contribution in [0.2, 0.25) is 0 Å². The van der Waals surface area contributed by atoms with E-state index < -0.39 is 5.82 Å². The number of hydrogen-bond acceptors (Lipinski definition) is 2. The van der Waals surface area contributed by atoms with Crippen LogP contribution in [-0.4, -0.2) is 10.4 Å². The van der Waals surface area contributed by atoms with Gasteiger partial charge >= 0.3 is 0 Å². The van der Waals surface area contributed by atoms with Crippen LogP contribution in [0.3, 0.4) is 0 Å². The Labute approximate surface area is 121 Å². The van der Waals surface area contributed by atoms with E-state index in [1.165, 1.54) is 18.2 Å². The van der Waals surface area contributed by atoms with E-state index in [4.69, 9.17) is 5.73 Å². The van der Waals surface area contributed by atoms with Gasteiger partial charge in [-0.05, 0) is 36.8 Å². The van der Waals surface area contributed by atoms with Crippen molar-refractivity contribution in [1.29, 1.82) is 0 Å². The summed E-state index contributed by atoms with van der Waals surface area (Å²) in [6.07, 6.45) is 1.76. The fourth-order valence-electron chi connectivity index (χ4n) is 2.55. The summed E-state index contributed by atoms with van der Waals surface area (Å²) in [7, 11) is 1.88. The van der Waals surface area contributed by atoms with Crippen molar-refractivity contribution in [3.05, 3.63) is 65.1 Å². The minimum absolute atomic E-state index is 0.197. The number of rotatable bonds is 2. The van der Waals surface area contributed by atoms with Gasteiger partial charge in [0.15, 0.2) is 5.78 Å². The van der Waals surface area contributed by atoms with Gasteiger partial charge in [0.05, 0.1) is 0 Å². The summed E-state index contributed by atoms with van der Waals surface area (Å²) in [5, 5.41) is 0.844. The van der Waals surface area contributed by atoms with Gasteiger partial charge in [-0.1, -0.05) is 12.1 Å². The maximum Gasteiger partial charge on any atom is 0.197 e. The molecule has 0 radical (unpaired) electrons. The Hall–Kier alpha value is -2.62. The van der Waals surface area contributed by atoms with E-state index >= 15 is 0 Å². The fourth-order valence-corrected chi connectivity index (χ4v) is 2.55. The molecule has 0 aliphatic heterocycles. The summed E-state index contributed by atoms with van der Waals surface area (Å²) in [4.78, 5) is 12.7. The molecule has 0 aliphatic rings. The molecule has 1 heterocycles. The number of carbonyl (C=O) groups excluding carboxylic acids is 1. The number of aryl methyl sites for hydroxylation is 2. The first kappa shape index (κ1) is 13.4. The lowest BCUT2D eigenvalue weighted by Gasteiger charge is -2.04. The molecular weight excluding hydrogens is 267 g/mol. The number of anilines is 1. The van der Waals surface area contributed by atoms with E-state index in [1.807, 2.05) is 36.7 Å². The van der Waals surface area contributed by atoms with Crippen molar-refractivity contribution in [2.45, 2.75) is 6.92 Å². The summed E-state index contributed by atoms with van der Waals surface area (Å²) in [5.74, 6) is -0.731. The molecule has 0 amide bonds. The summed E-state index contributed by atoms with van der Waals surface area (Å²) >= 11 is 0. The van der Waals surface area contributed by atoms with Crippen LogP contribution in [0, 0.1) is 12.7 Å². The highest BCUT2D eigenvalue weighted by Crippen LogP contribution is 2.26. The Kier molecular flexibility index (Phi) is 3.01. The topological polar surface area (TPSA) is 48.0 Å². The summed E-state index contributed by atoms with van der Waals surface area (Å²) < 4.78 is 15.3. The van der Waals surface area contributed by atoms with E-state index in [0.717, 1.165) is 16.5 Å². The lowest BCUT2D eigenvalue weighted by Crippen LogP contribution is -2.05. The Balaban J connectivity index is 2.21. The van der Waals surface area contributed by atoms with Gasteiger partial charge < -0.3 is 10.3 Å². The summed E-state index contributed by atoms with van der Waals surface area (Å²) in [5.41, 5.74) is 8.91. The highest BCUT2D eigenvalue weighted by molar-refractivity contribution is 6.18. The van der Waals surface area contributed by atoms with E-state index in [-0.39, 0.29) is 17.0 Å². The first-order chi connectivity index (χ1) is 9.97. The molecule has 3 rings (SSSR count). The number of hydrogen-bond donors (Lipinski definition) is 1. The molecule has 0 unspecified atom stereocenters. The number of aromatic nitrogens is 1. The summed E-state index contributed by atoms with van der Waals surface area (Å²) in [6, 6.07) is 9.73. The second-order valence-electron chi connectivity index (χ2n) is 5.23. The van der Waals surface area contributed by atoms with Crippen LogP contribution in [-0.2, 0) is 7.05 Å². The maximum absolute atomic E-state index is 13.4. The normalized spacial score (nSPS) is 11.0. The van der Waals surface area contributed by atoms with Crippen LogP contribution in [0.5, 0.6) is 0 Å². The minimum atomic E-state index is -0.469. The average molecular weight is 282 g/mol. The Morgan fingerprint density at radius 3 is 2.67 bits per heavy atom. The Morgan fingerprint density at radius 2 is 1.90 bits per heavy atom. The standard InChI is InChI=1S/C17H15FN2O/c1-10-3-5-12-14(9-20(2)16(12)7-10)17(21)13-8-11(18)4-6-15(13)19/h3-9H,19H2,1-2H3. The molecule has 0 saturated heterocycles. The molecule has 0 atom stereocenters. The highest BCUT2D eigenvalue weighted by atomic mass is 19.1. The molecule has 106 valence electrons. The lowest BCUT2D eigenvalue weighted by molar-refractivity contribution is 0.104. The number of carbonyl (C=O) groups is 1. The van der Waals surface area contributed by atoms with E-state index in [2.05, 4.69) is 0 Å². The molecule has 0 aliphatic carbocycles. The molecule has 0 fully saturated rings. The van der Waals surface area contributed by atoms with Crippen molar-refractivity contribution < 1.29 is 9.18 Å².